The van der Waals surface area contributed by atoms with Gasteiger partial charge in [0.25, 0.3) is 0 Å². The second-order valence-corrected chi connectivity index (χ2v) is 6.82. The first-order valence-electron chi connectivity index (χ1n) is 7.51. The van der Waals surface area contributed by atoms with Gasteiger partial charge in [-0.3, -0.25) is 4.79 Å². The molecule has 3 aliphatic rings. The number of ketones is 1. The highest BCUT2D eigenvalue weighted by molar-refractivity contribution is 14.1. The first-order chi connectivity index (χ1) is 10.8. The molecule has 2 saturated heterocycles. The van der Waals surface area contributed by atoms with Crippen molar-refractivity contribution >= 4 is 28.4 Å². The van der Waals surface area contributed by atoms with Gasteiger partial charge >= 0.3 is 0 Å². The minimum atomic E-state index is -0.279. The summed E-state index contributed by atoms with van der Waals surface area (Å²) in [7, 11) is 0. The number of carbonyl (C=O) groups is 1. The van der Waals surface area contributed by atoms with Gasteiger partial charge in [0.1, 0.15) is 0 Å². The van der Waals surface area contributed by atoms with Crippen LogP contribution < -0.4 is 0 Å². The Balaban J connectivity index is 1.55. The number of alkyl halides is 1. The van der Waals surface area contributed by atoms with Crippen molar-refractivity contribution in [2.75, 3.05) is 11.0 Å². The molecule has 22 heavy (non-hydrogen) atoms. The van der Waals surface area contributed by atoms with Crippen LogP contribution in [0.1, 0.15) is 5.56 Å². The molecule has 0 amide bonds. The van der Waals surface area contributed by atoms with Crippen LogP contribution in [-0.4, -0.2) is 35.3 Å². The summed E-state index contributed by atoms with van der Waals surface area (Å²) < 4.78 is 18.6. The van der Waals surface area contributed by atoms with Crippen LogP contribution in [0.3, 0.4) is 0 Å². The normalized spacial score (nSPS) is 36.3. The summed E-state index contributed by atoms with van der Waals surface area (Å²) in [6.45, 7) is 1.01. The molecule has 0 saturated carbocycles. The Morgan fingerprint density at radius 2 is 2.05 bits per heavy atom. The van der Waals surface area contributed by atoms with E-state index in [-0.39, 0.29) is 36.1 Å². The maximum Gasteiger partial charge on any atom is 0.165 e. The average molecular weight is 412 g/mol. The third-order valence-electron chi connectivity index (χ3n) is 4.65. The van der Waals surface area contributed by atoms with Gasteiger partial charge in [0.05, 0.1) is 31.3 Å². The number of carbonyl (C=O) groups excluding carboxylic acids is 1. The number of allylic oxidation sites excluding steroid dienone is 1. The molecule has 2 heterocycles. The summed E-state index contributed by atoms with van der Waals surface area (Å²) in [6, 6.07) is 10.0. The minimum Gasteiger partial charge on any atom is -0.370 e. The van der Waals surface area contributed by atoms with Gasteiger partial charge in [-0.2, -0.15) is 0 Å². The van der Waals surface area contributed by atoms with Crippen LogP contribution in [0.15, 0.2) is 42.0 Å². The van der Waals surface area contributed by atoms with E-state index in [4.69, 9.17) is 14.2 Å². The molecular formula is C17H17IO4. The van der Waals surface area contributed by atoms with E-state index in [1.54, 1.807) is 6.08 Å². The molecule has 0 bridgehead atoms. The number of ether oxygens (including phenoxy) is 3. The lowest BCUT2D eigenvalue weighted by molar-refractivity contribution is -0.237. The molecule has 0 radical (unpaired) electrons. The van der Waals surface area contributed by atoms with Crippen LogP contribution in [-0.2, 0) is 25.6 Å². The number of rotatable bonds is 4. The third-order valence-corrected chi connectivity index (χ3v) is 5.51. The predicted octanol–water partition coefficient (Wildman–Crippen LogP) is 2.50. The molecule has 2 aliphatic heterocycles. The van der Waals surface area contributed by atoms with Crippen LogP contribution in [0.2, 0.25) is 0 Å². The molecule has 0 N–H and O–H groups in total. The Morgan fingerprint density at radius 3 is 2.82 bits per heavy atom. The van der Waals surface area contributed by atoms with Crippen molar-refractivity contribution in [2.24, 2.45) is 11.8 Å². The van der Waals surface area contributed by atoms with Gasteiger partial charge < -0.3 is 14.2 Å². The predicted molar refractivity (Wildman–Crippen MR) is 88.6 cm³/mol. The van der Waals surface area contributed by atoms with Gasteiger partial charge in [0.15, 0.2) is 12.1 Å². The number of hydrogen-bond donors (Lipinski definition) is 0. The van der Waals surface area contributed by atoms with Gasteiger partial charge in [-0.15, -0.1) is 0 Å². The Hall–Kier alpha value is -0.760. The molecule has 4 rings (SSSR count). The maximum atomic E-state index is 12.4. The Morgan fingerprint density at radius 1 is 1.23 bits per heavy atom. The van der Waals surface area contributed by atoms with E-state index in [9.17, 15) is 4.79 Å². The number of halogens is 1. The van der Waals surface area contributed by atoms with Crippen molar-refractivity contribution in [3.05, 3.63) is 47.5 Å². The fraction of sp³-hybridized carbons (Fsp3) is 0.471. The summed E-state index contributed by atoms with van der Waals surface area (Å²) in [5, 5.41) is 0. The molecule has 4 nitrogen and oxygen atoms in total. The Kier molecular flexibility index (Phi) is 4.06. The van der Waals surface area contributed by atoms with E-state index in [0.717, 1.165) is 15.6 Å². The first kappa shape index (κ1) is 14.8. The van der Waals surface area contributed by atoms with Crippen LogP contribution >= 0.6 is 22.6 Å². The summed E-state index contributed by atoms with van der Waals surface area (Å²) >= 11 is 2.29. The molecule has 0 spiro atoms. The van der Waals surface area contributed by atoms with Crippen molar-refractivity contribution in [3.63, 3.8) is 0 Å². The second-order valence-electron chi connectivity index (χ2n) is 5.94. The van der Waals surface area contributed by atoms with Crippen molar-refractivity contribution in [1.82, 2.24) is 0 Å². The van der Waals surface area contributed by atoms with Gasteiger partial charge in [0.2, 0.25) is 0 Å². The molecule has 0 aromatic heterocycles. The SMILES string of the molecule is O=C1C=C2CO[C@H]3O[C@H](CI)[C@@H](OCc4ccccc4)[C@@H]1[C@@H]23. The highest BCUT2D eigenvalue weighted by atomic mass is 127. The van der Waals surface area contributed by atoms with E-state index in [0.29, 0.717) is 13.2 Å². The molecule has 0 unspecified atom stereocenters. The van der Waals surface area contributed by atoms with Crippen LogP contribution in [0.5, 0.6) is 0 Å². The summed E-state index contributed by atoms with van der Waals surface area (Å²) in [5.74, 6) is 0.0664. The monoisotopic (exact) mass is 412 g/mol. The number of hydrogen-bond acceptors (Lipinski definition) is 4. The fourth-order valence-electron chi connectivity index (χ4n) is 3.62. The van der Waals surface area contributed by atoms with Crippen molar-refractivity contribution < 1.29 is 19.0 Å². The zero-order valence-electron chi connectivity index (χ0n) is 12.0. The van der Waals surface area contributed by atoms with Crippen LogP contribution in [0, 0.1) is 11.8 Å². The summed E-state index contributed by atoms with van der Waals surface area (Å²) in [6.07, 6.45) is 1.15. The molecule has 2 fully saturated rings. The third kappa shape index (κ3) is 2.44. The van der Waals surface area contributed by atoms with E-state index in [1.807, 2.05) is 30.3 Å². The van der Waals surface area contributed by atoms with Crippen molar-refractivity contribution in [1.29, 1.82) is 0 Å². The average Bonchev–Trinajstić information content (AvgIpc) is 3.09. The lowest BCUT2D eigenvalue weighted by Gasteiger charge is -2.40. The molecule has 1 aromatic carbocycles. The van der Waals surface area contributed by atoms with Crippen LogP contribution in [0.25, 0.3) is 0 Å². The molecular weight excluding hydrogens is 395 g/mol. The topological polar surface area (TPSA) is 44.8 Å². The van der Waals surface area contributed by atoms with E-state index < -0.39 is 0 Å². The second kappa shape index (κ2) is 6.03. The summed E-state index contributed by atoms with van der Waals surface area (Å²) in [5.41, 5.74) is 2.18. The first-order valence-corrected chi connectivity index (χ1v) is 9.03. The standard InChI is InChI=1S/C17H17IO4/c18-7-13-16(20-8-10-4-2-1-3-5-10)15-12(19)6-11-9-21-17(22-13)14(11)15/h1-6,13-17H,7-9H2/t13-,14-,15+,16-,17+/m1/s1. The van der Waals surface area contributed by atoms with Gasteiger partial charge in [0, 0.05) is 10.3 Å². The van der Waals surface area contributed by atoms with Gasteiger partial charge in [-0.25, -0.2) is 0 Å². The summed E-state index contributed by atoms with van der Waals surface area (Å²) in [4.78, 5) is 12.4. The smallest absolute Gasteiger partial charge is 0.165 e. The molecule has 1 aromatic rings. The van der Waals surface area contributed by atoms with Gasteiger partial charge in [-0.1, -0.05) is 52.9 Å². The molecule has 1 aliphatic carbocycles. The van der Waals surface area contributed by atoms with Gasteiger partial charge in [-0.05, 0) is 17.2 Å². The van der Waals surface area contributed by atoms with E-state index in [2.05, 4.69) is 22.6 Å². The Labute approximate surface area is 143 Å². The minimum absolute atomic E-state index is 0.0486. The van der Waals surface area contributed by atoms with Crippen molar-refractivity contribution in [2.45, 2.75) is 25.1 Å². The molecule has 116 valence electrons. The maximum absolute atomic E-state index is 12.4. The van der Waals surface area contributed by atoms with E-state index >= 15 is 0 Å². The molecule has 5 heteroatoms. The zero-order chi connectivity index (χ0) is 15.1. The highest BCUT2D eigenvalue weighted by Crippen LogP contribution is 2.46. The highest BCUT2D eigenvalue weighted by Gasteiger charge is 2.56. The van der Waals surface area contributed by atoms with Crippen molar-refractivity contribution in [3.8, 4) is 0 Å². The Bertz CT molecular complexity index is 600. The largest absolute Gasteiger partial charge is 0.370 e. The van der Waals surface area contributed by atoms with E-state index in [1.165, 1.54) is 0 Å². The lowest BCUT2D eigenvalue weighted by atomic mass is 9.82. The zero-order valence-corrected chi connectivity index (χ0v) is 14.1. The molecule has 5 atom stereocenters. The fourth-order valence-corrected chi connectivity index (χ4v) is 4.33. The lowest BCUT2D eigenvalue weighted by Crippen LogP contribution is -2.52. The van der Waals surface area contributed by atoms with Crippen LogP contribution in [0.4, 0.5) is 0 Å². The number of benzene rings is 1. The quantitative estimate of drug-likeness (QED) is 0.563.